The molecule has 0 bridgehead atoms. The van der Waals surface area contributed by atoms with Gasteiger partial charge in [-0.3, -0.25) is 4.79 Å². The largest absolute Gasteiger partial charge is 0.376 e. The molecule has 1 saturated heterocycles. The molecular weight excluding hydrogens is 294 g/mol. The van der Waals surface area contributed by atoms with E-state index in [1.807, 2.05) is 25.2 Å². The molecule has 1 aromatic carbocycles. The Bertz CT molecular complexity index is 441. The molecule has 4 heteroatoms. The maximum atomic E-state index is 11.7. The number of carbonyl (C=O) groups is 1. The van der Waals surface area contributed by atoms with Crippen LogP contribution in [0.1, 0.15) is 30.1 Å². The van der Waals surface area contributed by atoms with Gasteiger partial charge in [-0.05, 0) is 38.0 Å². The summed E-state index contributed by atoms with van der Waals surface area (Å²) in [4.78, 5) is 13.8. The zero-order chi connectivity index (χ0) is 13.1. The molecule has 1 aliphatic rings. The molecule has 98 valence electrons. The first kappa shape index (κ1) is 13.6. The number of hydrogen-bond acceptors (Lipinski definition) is 3. The number of Topliss-reactive ketones (excluding diaryl/α,β-unsaturated/α-hetero) is 1. The van der Waals surface area contributed by atoms with Crippen molar-refractivity contribution in [2.45, 2.75) is 25.9 Å². The van der Waals surface area contributed by atoms with Gasteiger partial charge in [0.15, 0.2) is 5.78 Å². The molecule has 1 unspecified atom stereocenters. The van der Waals surface area contributed by atoms with Crippen LogP contribution in [0.2, 0.25) is 0 Å². The quantitative estimate of drug-likeness (QED) is 0.799. The zero-order valence-corrected chi connectivity index (χ0v) is 12.4. The lowest BCUT2D eigenvalue weighted by Crippen LogP contribution is -2.29. The van der Waals surface area contributed by atoms with Gasteiger partial charge in [0.05, 0.1) is 6.10 Å². The molecule has 1 atom stereocenters. The third-order valence-corrected chi connectivity index (χ3v) is 3.74. The minimum absolute atomic E-state index is 0.0884. The maximum absolute atomic E-state index is 11.7. The summed E-state index contributed by atoms with van der Waals surface area (Å²) in [5, 5.41) is 0. The first-order valence-electron chi connectivity index (χ1n) is 6.21. The first-order valence-corrected chi connectivity index (χ1v) is 7.00. The molecule has 0 N–H and O–H groups in total. The average molecular weight is 312 g/mol. The third kappa shape index (κ3) is 3.12. The average Bonchev–Trinajstić information content (AvgIpc) is 2.81. The Kier molecular flexibility index (Phi) is 4.40. The van der Waals surface area contributed by atoms with Crippen molar-refractivity contribution in [3.8, 4) is 0 Å². The van der Waals surface area contributed by atoms with E-state index in [1.165, 1.54) is 0 Å². The predicted octanol–water partition coefficient (Wildman–Crippen LogP) is 3.27. The highest BCUT2D eigenvalue weighted by molar-refractivity contribution is 9.10. The van der Waals surface area contributed by atoms with Crippen molar-refractivity contribution >= 4 is 27.4 Å². The van der Waals surface area contributed by atoms with E-state index in [4.69, 9.17) is 4.74 Å². The van der Waals surface area contributed by atoms with E-state index < -0.39 is 0 Å². The third-order valence-electron chi connectivity index (χ3n) is 3.25. The summed E-state index contributed by atoms with van der Waals surface area (Å²) in [5.74, 6) is 0.0884. The van der Waals surface area contributed by atoms with Crippen molar-refractivity contribution in [1.29, 1.82) is 0 Å². The monoisotopic (exact) mass is 311 g/mol. The highest BCUT2D eigenvalue weighted by Gasteiger charge is 2.19. The Morgan fingerprint density at radius 3 is 2.94 bits per heavy atom. The normalized spacial score (nSPS) is 18.9. The molecule has 0 aliphatic carbocycles. The number of ether oxygens (including phenoxy) is 1. The molecule has 1 aromatic rings. The lowest BCUT2D eigenvalue weighted by molar-refractivity contribution is 0.101. The van der Waals surface area contributed by atoms with Crippen LogP contribution in [0.25, 0.3) is 0 Å². The van der Waals surface area contributed by atoms with Gasteiger partial charge in [0.25, 0.3) is 0 Å². The SMILES string of the molecule is CC(=O)c1cc(Br)ccc1N(C)CC1CCCO1. The van der Waals surface area contributed by atoms with E-state index in [0.717, 1.165) is 41.7 Å². The van der Waals surface area contributed by atoms with Gasteiger partial charge in [0, 0.05) is 35.9 Å². The highest BCUT2D eigenvalue weighted by Crippen LogP contribution is 2.25. The number of benzene rings is 1. The number of anilines is 1. The van der Waals surface area contributed by atoms with E-state index in [1.54, 1.807) is 6.92 Å². The summed E-state index contributed by atoms with van der Waals surface area (Å²) >= 11 is 3.41. The molecule has 0 spiro atoms. The van der Waals surface area contributed by atoms with Crippen LogP contribution in [0.3, 0.4) is 0 Å². The second-order valence-corrected chi connectivity index (χ2v) is 5.65. The Balaban J connectivity index is 2.17. The van der Waals surface area contributed by atoms with Crippen LogP contribution in [-0.2, 0) is 4.74 Å². The molecule has 0 saturated carbocycles. The lowest BCUT2D eigenvalue weighted by atomic mass is 10.1. The predicted molar refractivity (Wildman–Crippen MR) is 76.4 cm³/mol. The van der Waals surface area contributed by atoms with Gasteiger partial charge in [-0.15, -0.1) is 0 Å². The second kappa shape index (κ2) is 5.85. The standard InChI is InChI=1S/C14H18BrNO2/c1-10(17)13-8-11(15)5-6-14(13)16(2)9-12-4-3-7-18-12/h5-6,8,12H,3-4,7,9H2,1-2H3. The molecule has 1 aliphatic heterocycles. The van der Waals surface area contributed by atoms with Gasteiger partial charge in [-0.25, -0.2) is 0 Å². The number of halogens is 1. The highest BCUT2D eigenvalue weighted by atomic mass is 79.9. The maximum Gasteiger partial charge on any atom is 0.161 e. The van der Waals surface area contributed by atoms with Gasteiger partial charge >= 0.3 is 0 Å². The van der Waals surface area contributed by atoms with Gasteiger partial charge in [-0.1, -0.05) is 15.9 Å². The number of nitrogens with zero attached hydrogens (tertiary/aromatic N) is 1. The summed E-state index contributed by atoms with van der Waals surface area (Å²) < 4.78 is 6.57. The van der Waals surface area contributed by atoms with Crippen LogP contribution in [0.15, 0.2) is 22.7 Å². The number of likely N-dealkylation sites (N-methyl/N-ethyl adjacent to an activating group) is 1. The van der Waals surface area contributed by atoms with Gasteiger partial charge in [-0.2, -0.15) is 0 Å². The van der Waals surface area contributed by atoms with E-state index in [2.05, 4.69) is 20.8 Å². The Morgan fingerprint density at radius 2 is 2.33 bits per heavy atom. The number of rotatable bonds is 4. The molecule has 2 rings (SSSR count). The Labute approximate surface area is 116 Å². The summed E-state index contributed by atoms with van der Waals surface area (Å²) in [6.45, 7) is 3.30. The van der Waals surface area contributed by atoms with Crippen molar-refractivity contribution in [2.75, 3.05) is 25.1 Å². The van der Waals surface area contributed by atoms with Gasteiger partial charge in [0.2, 0.25) is 0 Å². The van der Waals surface area contributed by atoms with E-state index in [9.17, 15) is 4.79 Å². The Hall–Kier alpha value is -0.870. The molecule has 1 heterocycles. The minimum atomic E-state index is 0.0884. The molecule has 1 fully saturated rings. The number of ketones is 1. The van der Waals surface area contributed by atoms with Gasteiger partial charge in [0.1, 0.15) is 0 Å². The van der Waals surface area contributed by atoms with Crippen LogP contribution in [-0.4, -0.2) is 32.1 Å². The van der Waals surface area contributed by atoms with Crippen LogP contribution in [0, 0.1) is 0 Å². The molecule has 0 amide bonds. The first-order chi connectivity index (χ1) is 8.58. The molecular formula is C14H18BrNO2. The second-order valence-electron chi connectivity index (χ2n) is 4.73. The molecule has 0 aromatic heterocycles. The van der Waals surface area contributed by atoms with E-state index in [-0.39, 0.29) is 5.78 Å². The lowest BCUT2D eigenvalue weighted by Gasteiger charge is -2.24. The Morgan fingerprint density at radius 1 is 1.56 bits per heavy atom. The van der Waals surface area contributed by atoms with E-state index >= 15 is 0 Å². The molecule has 0 radical (unpaired) electrons. The van der Waals surface area contributed by atoms with Crippen LogP contribution in [0.5, 0.6) is 0 Å². The number of carbonyl (C=O) groups excluding carboxylic acids is 1. The van der Waals surface area contributed by atoms with Crippen LogP contribution in [0.4, 0.5) is 5.69 Å². The number of hydrogen-bond donors (Lipinski definition) is 0. The topological polar surface area (TPSA) is 29.5 Å². The van der Waals surface area contributed by atoms with Crippen LogP contribution >= 0.6 is 15.9 Å². The van der Waals surface area contributed by atoms with Crippen molar-refractivity contribution in [3.05, 3.63) is 28.2 Å². The molecule has 3 nitrogen and oxygen atoms in total. The fraction of sp³-hybridized carbons (Fsp3) is 0.500. The summed E-state index contributed by atoms with van der Waals surface area (Å²) in [6.07, 6.45) is 2.53. The zero-order valence-electron chi connectivity index (χ0n) is 10.8. The summed E-state index contributed by atoms with van der Waals surface area (Å²) in [7, 11) is 2.01. The molecule has 18 heavy (non-hydrogen) atoms. The van der Waals surface area contributed by atoms with Crippen molar-refractivity contribution in [1.82, 2.24) is 0 Å². The smallest absolute Gasteiger partial charge is 0.161 e. The van der Waals surface area contributed by atoms with Gasteiger partial charge < -0.3 is 9.64 Å². The minimum Gasteiger partial charge on any atom is -0.376 e. The van der Waals surface area contributed by atoms with Crippen molar-refractivity contribution < 1.29 is 9.53 Å². The van der Waals surface area contributed by atoms with Crippen molar-refractivity contribution in [3.63, 3.8) is 0 Å². The fourth-order valence-corrected chi connectivity index (χ4v) is 2.68. The van der Waals surface area contributed by atoms with Crippen molar-refractivity contribution in [2.24, 2.45) is 0 Å². The van der Waals surface area contributed by atoms with E-state index in [0.29, 0.717) is 6.10 Å². The summed E-state index contributed by atoms with van der Waals surface area (Å²) in [6, 6.07) is 5.83. The fourth-order valence-electron chi connectivity index (χ4n) is 2.32. The summed E-state index contributed by atoms with van der Waals surface area (Å²) in [5.41, 5.74) is 1.73. The van der Waals surface area contributed by atoms with Crippen LogP contribution < -0.4 is 4.90 Å².